The highest BCUT2D eigenvalue weighted by Crippen LogP contribution is 2.36. The molecule has 0 saturated carbocycles. The van der Waals surface area contributed by atoms with Gasteiger partial charge in [0.2, 0.25) is 0 Å². The lowest BCUT2D eigenvalue weighted by Gasteiger charge is -2.21. The van der Waals surface area contributed by atoms with Crippen LogP contribution < -0.4 is 0 Å². The Bertz CT molecular complexity index is 366. The van der Waals surface area contributed by atoms with E-state index in [0.717, 1.165) is 18.8 Å². The number of halogens is 1. The van der Waals surface area contributed by atoms with Crippen molar-refractivity contribution in [3.63, 3.8) is 0 Å². The number of nitrogens with zero attached hydrogens (tertiary/aromatic N) is 2. The van der Waals surface area contributed by atoms with E-state index in [0.29, 0.717) is 6.04 Å². The number of amidine groups is 1. The third-order valence-corrected chi connectivity index (χ3v) is 3.87. The lowest BCUT2D eigenvalue weighted by molar-refractivity contribution is 0.387. The highest BCUT2D eigenvalue weighted by Gasteiger charge is 2.33. The summed E-state index contributed by atoms with van der Waals surface area (Å²) in [5.74, 6) is 1.16. The Hall–Kier alpha value is -0.670. The zero-order valence-corrected chi connectivity index (χ0v) is 9.93. The van der Waals surface area contributed by atoms with Crippen molar-refractivity contribution in [3.8, 4) is 0 Å². The normalized spacial score (nSPS) is 23.3. The molecule has 0 bridgehead atoms. The first-order valence-corrected chi connectivity index (χ1v) is 5.92. The summed E-state index contributed by atoms with van der Waals surface area (Å²) in [7, 11) is 0. The number of thioether (sulfide) groups is 1. The van der Waals surface area contributed by atoms with Gasteiger partial charge in [-0.3, -0.25) is 4.99 Å². The standard InChI is InChI=1S/C11H12N2S.ClH/c1-2-4-9(5-3-1)10-8-14-11-12-6-7-13(10)11;/h1-5,10H,6-8H2;1H. The average molecular weight is 241 g/mol. The molecule has 0 amide bonds. The molecule has 15 heavy (non-hydrogen) atoms. The predicted molar refractivity (Wildman–Crippen MR) is 67.9 cm³/mol. The summed E-state index contributed by atoms with van der Waals surface area (Å²) in [6.45, 7) is 2.08. The first-order valence-electron chi connectivity index (χ1n) is 4.94. The quantitative estimate of drug-likeness (QED) is 0.750. The molecule has 2 aliphatic heterocycles. The zero-order valence-electron chi connectivity index (χ0n) is 8.30. The van der Waals surface area contributed by atoms with E-state index in [2.05, 4.69) is 40.2 Å². The van der Waals surface area contributed by atoms with Crippen LogP contribution in [-0.2, 0) is 0 Å². The molecule has 2 aliphatic rings. The van der Waals surface area contributed by atoms with Crippen molar-refractivity contribution >= 4 is 29.3 Å². The third-order valence-electron chi connectivity index (χ3n) is 2.76. The Labute approximate surface area is 100 Å². The van der Waals surface area contributed by atoms with E-state index in [9.17, 15) is 0 Å². The topological polar surface area (TPSA) is 15.6 Å². The van der Waals surface area contributed by atoms with Crippen LogP contribution in [0.1, 0.15) is 11.6 Å². The molecule has 1 aromatic carbocycles. The molecule has 1 atom stereocenters. The van der Waals surface area contributed by atoms with Gasteiger partial charge in [-0.05, 0) is 5.56 Å². The van der Waals surface area contributed by atoms with Gasteiger partial charge in [0.1, 0.15) is 0 Å². The fourth-order valence-electron chi connectivity index (χ4n) is 2.05. The Morgan fingerprint density at radius 3 is 2.87 bits per heavy atom. The average Bonchev–Trinajstić information content (AvgIpc) is 2.79. The molecule has 1 saturated heterocycles. The smallest absolute Gasteiger partial charge is 0.159 e. The molecule has 0 N–H and O–H groups in total. The minimum absolute atomic E-state index is 0. The van der Waals surface area contributed by atoms with Gasteiger partial charge >= 0.3 is 0 Å². The second kappa shape index (κ2) is 4.45. The summed E-state index contributed by atoms with van der Waals surface area (Å²) >= 11 is 1.89. The fraction of sp³-hybridized carbons (Fsp3) is 0.364. The summed E-state index contributed by atoms with van der Waals surface area (Å²) < 4.78 is 0. The van der Waals surface area contributed by atoms with Crippen molar-refractivity contribution in [2.75, 3.05) is 18.8 Å². The van der Waals surface area contributed by atoms with Gasteiger partial charge in [0, 0.05) is 12.3 Å². The van der Waals surface area contributed by atoms with E-state index >= 15 is 0 Å². The third kappa shape index (κ3) is 1.86. The summed E-state index contributed by atoms with van der Waals surface area (Å²) in [5.41, 5.74) is 1.42. The van der Waals surface area contributed by atoms with E-state index in [1.165, 1.54) is 10.7 Å². The van der Waals surface area contributed by atoms with Gasteiger partial charge in [-0.1, -0.05) is 42.1 Å². The highest BCUT2D eigenvalue weighted by atomic mass is 35.5. The maximum absolute atomic E-state index is 4.48. The van der Waals surface area contributed by atoms with Gasteiger partial charge in [0.25, 0.3) is 0 Å². The Morgan fingerprint density at radius 1 is 1.27 bits per heavy atom. The van der Waals surface area contributed by atoms with Crippen LogP contribution in [0, 0.1) is 0 Å². The van der Waals surface area contributed by atoms with Crippen LogP contribution in [0.4, 0.5) is 0 Å². The Morgan fingerprint density at radius 2 is 2.07 bits per heavy atom. The number of benzene rings is 1. The second-order valence-corrected chi connectivity index (χ2v) is 4.58. The van der Waals surface area contributed by atoms with Gasteiger partial charge < -0.3 is 4.90 Å². The lowest BCUT2D eigenvalue weighted by Crippen LogP contribution is -2.25. The Kier molecular flexibility index (Phi) is 3.22. The summed E-state index contributed by atoms with van der Waals surface area (Å²) in [6, 6.07) is 11.3. The number of fused-ring (bicyclic) bond motifs is 1. The van der Waals surface area contributed by atoms with Crippen molar-refractivity contribution in [2.24, 2.45) is 4.99 Å². The molecular weight excluding hydrogens is 228 g/mol. The van der Waals surface area contributed by atoms with E-state index in [1.807, 2.05) is 11.8 Å². The van der Waals surface area contributed by atoms with Crippen molar-refractivity contribution in [3.05, 3.63) is 35.9 Å². The predicted octanol–water partition coefficient (Wildman–Crippen LogP) is 2.57. The first-order chi connectivity index (χ1) is 6.95. The van der Waals surface area contributed by atoms with Crippen LogP contribution in [-0.4, -0.2) is 28.9 Å². The van der Waals surface area contributed by atoms with Gasteiger partial charge in [-0.25, -0.2) is 0 Å². The van der Waals surface area contributed by atoms with E-state index in [4.69, 9.17) is 0 Å². The lowest BCUT2D eigenvalue weighted by atomic mass is 10.1. The molecule has 80 valence electrons. The molecule has 0 radical (unpaired) electrons. The molecule has 0 aliphatic carbocycles. The van der Waals surface area contributed by atoms with Crippen LogP contribution >= 0.6 is 24.2 Å². The second-order valence-electron chi connectivity index (χ2n) is 3.60. The molecule has 0 spiro atoms. The van der Waals surface area contributed by atoms with E-state index in [1.54, 1.807) is 0 Å². The van der Waals surface area contributed by atoms with Crippen molar-refractivity contribution in [2.45, 2.75) is 6.04 Å². The molecule has 1 fully saturated rings. The minimum Gasteiger partial charge on any atom is -0.342 e. The number of aliphatic imine (C=N–C) groups is 1. The monoisotopic (exact) mass is 240 g/mol. The fourth-order valence-corrected chi connectivity index (χ4v) is 3.30. The molecule has 2 heterocycles. The maximum atomic E-state index is 4.48. The van der Waals surface area contributed by atoms with Crippen LogP contribution in [0.5, 0.6) is 0 Å². The number of hydrogen-bond acceptors (Lipinski definition) is 3. The van der Waals surface area contributed by atoms with Crippen LogP contribution in [0.3, 0.4) is 0 Å². The summed E-state index contributed by atoms with van der Waals surface area (Å²) in [4.78, 5) is 6.91. The molecule has 2 nitrogen and oxygen atoms in total. The highest BCUT2D eigenvalue weighted by molar-refractivity contribution is 8.14. The molecule has 1 aromatic rings. The Balaban J connectivity index is 0.000000853. The van der Waals surface area contributed by atoms with Gasteiger partial charge in [0.15, 0.2) is 5.17 Å². The van der Waals surface area contributed by atoms with Gasteiger partial charge in [-0.15, -0.1) is 12.4 Å². The first kappa shape index (κ1) is 10.8. The number of rotatable bonds is 1. The van der Waals surface area contributed by atoms with Gasteiger partial charge in [-0.2, -0.15) is 0 Å². The largest absolute Gasteiger partial charge is 0.342 e. The number of hydrogen-bond donors (Lipinski definition) is 0. The van der Waals surface area contributed by atoms with Crippen LogP contribution in [0.25, 0.3) is 0 Å². The summed E-state index contributed by atoms with van der Waals surface area (Å²) in [6.07, 6.45) is 0. The maximum Gasteiger partial charge on any atom is 0.159 e. The van der Waals surface area contributed by atoms with Crippen molar-refractivity contribution in [1.82, 2.24) is 4.90 Å². The SMILES string of the molecule is Cl.c1ccc(C2CSC3=NCCN32)cc1. The zero-order chi connectivity index (χ0) is 9.38. The molecule has 1 unspecified atom stereocenters. The minimum atomic E-state index is 0. The summed E-state index contributed by atoms with van der Waals surface area (Å²) in [5, 5.41) is 1.25. The molecule has 3 rings (SSSR count). The molecular formula is C11H13ClN2S. The van der Waals surface area contributed by atoms with Crippen molar-refractivity contribution in [1.29, 1.82) is 0 Å². The van der Waals surface area contributed by atoms with E-state index < -0.39 is 0 Å². The van der Waals surface area contributed by atoms with Crippen LogP contribution in [0.2, 0.25) is 0 Å². The molecule has 4 heteroatoms. The van der Waals surface area contributed by atoms with Gasteiger partial charge in [0.05, 0.1) is 12.6 Å². The van der Waals surface area contributed by atoms with Crippen LogP contribution in [0.15, 0.2) is 35.3 Å². The molecule has 0 aromatic heterocycles. The van der Waals surface area contributed by atoms with E-state index in [-0.39, 0.29) is 12.4 Å². The van der Waals surface area contributed by atoms with Crippen molar-refractivity contribution < 1.29 is 0 Å².